The van der Waals surface area contributed by atoms with Crippen LogP contribution >= 0.6 is 0 Å². The molecule has 0 aromatic heterocycles. The Morgan fingerprint density at radius 2 is 1.81 bits per heavy atom. The van der Waals surface area contributed by atoms with Gasteiger partial charge in [-0.05, 0) is 50.9 Å². The van der Waals surface area contributed by atoms with E-state index in [4.69, 9.17) is 0 Å². The lowest BCUT2D eigenvalue weighted by atomic mass is 9.91. The zero-order valence-corrected chi connectivity index (χ0v) is 13.0. The van der Waals surface area contributed by atoms with Gasteiger partial charge in [-0.15, -0.1) is 0 Å². The van der Waals surface area contributed by atoms with Crippen molar-refractivity contribution in [3.63, 3.8) is 0 Å². The van der Waals surface area contributed by atoms with Crippen molar-refractivity contribution in [2.24, 2.45) is 0 Å². The highest BCUT2D eigenvalue weighted by Gasteiger charge is 2.32. The second-order valence-corrected chi connectivity index (χ2v) is 7.36. The number of hydrogen-bond donors (Lipinski definition) is 1. The largest absolute Gasteiger partial charge is 0.317 e. The van der Waals surface area contributed by atoms with Gasteiger partial charge in [-0.2, -0.15) is 4.31 Å². The molecule has 1 saturated carbocycles. The highest BCUT2D eigenvalue weighted by Crippen LogP contribution is 2.28. The van der Waals surface area contributed by atoms with Crippen molar-refractivity contribution < 1.29 is 17.2 Å². The minimum absolute atomic E-state index is 0.178. The van der Waals surface area contributed by atoms with Gasteiger partial charge >= 0.3 is 0 Å². The minimum atomic E-state index is -4.02. The molecule has 1 fully saturated rings. The van der Waals surface area contributed by atoms with Crippen LogP contribution in [0.15, 0.2) is 23.1 Å². The summed E-state index contributed by atoms with van der Waals surface area (Å²) in [5.74, 6) is -1.69. The molecule has 0 bridgehead atoms. The molecule has 0 radical (unpaired) electrons. The second kappa shape index (κ2) is 6.37. The number of nitrogens with one attached hydrogen (secondary N) is 1. The Morgan fingerprint density at radius 1 is 1.19 bits per heavy atom. The average molecular weight is 318 g/mol. The molecular formula is C14H20F2N2O2S. The minimum Gasteiger partial charge on any atom is -0.317 e. The topological polar surface area (TPSA) is 49.4 Å². The van der Waals surface area contributed by atoms with Crippen LogP contribution < -0.4 is 5.32 Å². The fraction of sp³-hybridized carbons (Fsp3) is 0.571. The van der Waals surface area contributed by atoms with Crippen molar-refractivity contribution in [1.29, 1.82) is 0 Å². The lowest BCUT2D eigenvalue weighted by Crippen LogP contribution is -2.42. The molecule has 7 heteroatoms. The molecule has 0 amide bonds. The van der Waals surface area contributed by atoms with Crippen molar-refractivity contribution in [3.05, 3.63) is 29.8 Å². The third kappa shape index (κ3) is 3.41. The molecule has 0 heterocycles. The monoisotopic (exact) mass is 318 g/mol. The van der Waals surface area contributed by atoms with Gasteiger partial charge in [0.05, 0.1) is 0 Å². The highest BCUT2D eigenvalue weighted by molar-refractivity contribution is 7.89. The number of rotatable bonds is 4. The van der Waals surface area contributed by atoms with Crippen LogP contribution in [0.1, 0.15) is 25.7 Å². The normalized spacial score (nSPS) is 23.5. The predicted molar refractivity (Wildman–Crippen MR) is 76.4 cm³/mol. The Balaban J connectivity index is 2.21. The first-order valence-corrected chi connectivity index (χ1v) is 8.40. The Morgan fingerprint density at radius 3 is 2.38 bits per heavy atom. The van der Waals surface area contributed by atoms with Crippen LogP contribution in [0.5, 0.6) is 0 Å². The zero-order chi connectivity index (χ0) is 15.6. The number of halogens is 2. The fourth-order valence-corrected chi connectivity index (χ4v) is 4.24. The van der Waals surface area contributed by atoms with E-state index in [2.05, 4.69) is 5.32 Å². The molecular weight excluding hydrogens is 298 g/mol. The molecule has 21 heavy (non-hydrogen) atoms. The first-order valence-electron chi connectivity index (χ1n) is 6.96. The van der Waals surface area contributed by atoms with Crippen LogP contribution in [-0.4, -0.2) is 38.9 Å². The number of sulfonamides is 1. The molecule has 0 spiro atoms. The molecule has 1 aliphatic carbocycles. The van der Waals surface area contributed by atoms with E-state index < -0.39 is 26.6 Å². The zero-order valence-electron chi connectivity index (χ0n) is 12.1. The van der Waals surface area contributed by atoms with Gasteiger partial charge in [0.15, 0.2) is 0 Å². The first-order chi connectivity index (χ1) is 9.86. The molecule has 118 valence electrons. The van der Waals surface area contributed by atoms with Crippen LogP contribution in [-0.2, 0) is 10.0 Å². The van der Waals surface area contributed by atoms with Gasteiger partial charge in [0.25, 0.3) is 0 Å². The summed E-state index contributed by atoms with van der Waals surface area (Å²) < 4.78 is 53.0. The summed E-state index contributed by atoms with van der Waals surface area (Å²) in [5.41, 5.74) is 0. The number of nitrogens with zero attached hydrogens (tertiary/aromatic N) is 1. The third-order valence-corrected chi connectivity index (χ3v) is 6.09. The second-order valence-electron chi connectivity index (χ2n) is 5.39. The molecule has 1 aromatic rings. The molecule has 1 aliphatic rings. The van der Waals surface area contributed by atoms with E-state index in [-0.39, 0.29) is 6.04 Å². The van der Waals surface area contributed by atoms with Gasteiger partial charge in [0.1, 0.15) is 16.5 Å². The van der Waals surface area contributed by atoms with Crippen molar-refractivity contribution in [3.8, 4) is 0 Å². The molecule has 0 aliphatic heterocycles. The molecule has 1 aromatic carbocycles. The van der Waals surface area contributed by atoms with Gasteiger partial charge in [-0.3, -0.25) is 0 Å². The van der Waals surface area contributed by atoms with Crippen LogP contribution in [0.4, 0.5) is 8.78 Å². The molecule has 4 nitrogen and oxygen atoms in total. The summed E-state index contributed by atoms with van der Waals surface area (Å²) in [5, 5.41) is 3.17. The van der Waals surface area contributed by atoms with Crippen LogP contribution in [0.25, 0.3) is 0 Å². The van der Waals surface area contributed by atoms with Crippen molar-refractivity contribution >= 4 is 10.0 Å². The van der Waals surface area contributed by atoms with Crippen molar-refractivity contribution in [1.82, 2.24) is 9.62 Å². The number of benzene rings is 1. The molecule has 2 rings (SSSR count). The lowest BCUT2D eigenvalue weighted by Gasteiger charge is -2.33. The Hall–Kier alpha value is -1.05. The predicted octanol–water partition coefficient (Wildman–Crippen LogP) is 2.12. The van der Waals surface area contributed by atoms with Crippen LogP contribution in [0, 0.1) is 11.6 Å². The van der Waals surface area contributed by atoms with Crippen LogP contribution in [0.2, 0.25) is 0 Å². The van der Waals surface area contributed by atoms with Gasteiger partial charge < -0.3 is 5.32 Å². The third-order valence-electron chi connectivity index (χ3n) is 4.17. The SMILES string of the molecule is CNC1CCC(N(C)S(=O)(=O)c2cc(F)ccc2F)CC1. The molecule has 0 saturated heterocycles. The van der Waals surface area contributed by atoms with E-state index in [1.807, 2.05) is 7.05 Å². The quantitative estimate of drug-likeness (QED) is 0.925. The summed E-state index contributed by atoms with van der Waals surface area (Å²) in [6.45, 7) is 0. The smallest absolute Gasteiger partial charge is 0.246 e. The summed E-state index contributed by atoms with van der Waals surface area (Å²) in [6.07, 6.45) is 3.15. The van der Waals surface area contributed by atoms with Crippen molar-refractivity contribution in [2.75, 3.05) is 14.1 Å². The standard InChI is InChI=1S/C14H20F2N2O2S/c1-17-11-4-6-12(7-5-11)18(2)21(19,20)14-9-10(15)3-8-13(14)16/h3,8-9,11-12,17H,4-7H2,1-2H3. The van der Waals surface area contributed by atoms with E-state index in [1.54, 1.807) is 0 Å². The maximum absolute atomic E-state index is 13.7. The Bertz CT molecular complexity index is 599. The summed E-state index contributed by atoms with van der Waals surface area (Å²) in [4.78, 5) is -0.597. The molecule has 0 atom stereocenters. The van der Waals surface area contributed by atoms with E-state index in [0.29, 0.717) is 18.9 Å². The Kier molecular flexibility index (Phi) is 4.95. The van der Waals surface area contributed by atoms with E-state index in [9.17, 15) is 17.2 Å². The molecule has 1 N–H and O–H groups in total. The van der Waals surface area contributed by atoms with Gasteiger partial charge in [0, 0.05) is 19.1 Å². The Labute approximate surface area is 124 Å². The summed E-state index contributed by atoms with van der Waals surface area (Å²) >= 11 is 0. The van der Waals surface area contributed by atoms with Gasteiger partial charge in [0.2, 0.25) is 10.0 Å². The van der Waals surface area contributed by atoms with Gasteiger partial charge in [-0.1, -0.05) is 0 Å². The van der Waals surface area contributed by atoms with E-state index >= 15 is 0 Å². The lowest BCUT2D eigenvalue weighted by molar-refractivity contribution is 0.254. The van der Waals surface area contributed by atoms with Crippen molar-refractivity contribution in [2.45, 2.75) is 42.7 Å². The highest BCUT2D eigenvalue weighted by atomic mass is 32.2. The fourth-order valence-electron chi connectivity index (χ4n) is 2.75. The summed E-state index contributed by atoms with van der Waals surface area (Å²) in [6, 6.07) is 2.70. The maximum Gasteiger partial charge on any atom is 0.246 e. The number of hydrogen-bond acceptors (Lipinski definition) is 3. The average Bonchev–Trinajstić information content (AvgIpc) is 2.49. The van der Waals surface area contributed by atoms with E-state index in [0.717, 1.165) is 31.0 Å². The van der Waals surface area contributed by atoms with Gasteiger partial charge in [-0.25, -0.2) is 17.2 Å². The first kappa shape index (κ1) is 16.3. The maximum atomic E-state index is 13.7. The van der Waals surface area contributed by atoms with Crippen LogP contribution in [0.3, 0.4) is 0 Å². The summed E-state index contributed by atoms with van der Waals surface area (Å²) in [7, 11) is -0.701. The molecule has 0 unspecified atom stereocenters. The van der Waals surface area contributed by atoms with E-state index in [1.165, 1.54) is 11.4 Å².